The largest absolute Gasteiger partial charge is 0.493 e. The van der Waals surface area contributed by atoms with Crippen LogP contribution in [0.25, 0.3) is 0 Å². The van der Waals surface area contributed by atoms with Crippen molar-refractivity contribution in [2.24, 2.45) is 0 Å². The zero-order valence-corrected chi connectivity index (χ0v) is 13.7. The van der Waals surface area contributed by atoms with E-state index in [2.05, 4.69) is 10.6 Å². The van der Waals surface area contributed by atoms with E-state index in [1.165, 1.54) is 0 Å². The highest BCUT2D eigenvalue weighted by atomic mass is 16.5. The molecule has 7 heteroatoms. The van der Waals surface area contributed by atoms with Gasteiger partial charge in [0.05, 0.1) is 12.8 Å². The highest BCUT2D eigenvalue weighted by molar-refractivity contribution is 5.95. The summed E-state index contributed by atoms with van der Waals surface area (Å²) < 4.78 is 16.0. The number of hydrogen-bond donors (Lipinski definition) is 2. The molecule has 0 atom stereocenters. The van der Waals surface area contributed by atoms with Crippen LogP contribution in [-0.4, -0.2) is 32.1 Å². The zero-order valence-electron chi connectivity index (χ0n) is 13.7. The van der Waals surface area contributed by atoms with E-state index in [0.717, 1.165) is 5.56 Å². The van der Waals surface area contributed by atoms with Crippen LogP contribution in [-0.2, 0) is 16.1 Å². The van der Waals surface area contributed by atoms with Crippen LogP contribution in [0.15, 0.2) is 42.5 Å². The summed E-state index contributed by atoms with van der Waals surface area (Å²) in [6, 6.07) is 12.5. The molecule has 0 spiro atoms. The molecule has 1 heterocycles. The normalized spacial score (nSPS) is 12.4. The number of carbonyl (C=O) groups excluding carboxylic acids is 2. The number of carbonyl (C=O) groups is 2. The van der Waals surface area contributed by atoms with Crippen LogP contribution in [0.5, 0.6) is 17.2 Å². The van der Waals surface area contributed by atoms with E-state index in [0.29, 0.717) is 29.5 Å². The fourth-order valence-electron chi connectivity index (χ4n) is 2.36. The van der Waals surface area contributed by atoms with Crippen LogP contribution in [0.3, 0.4) is 0 Å². The summed E-state index contributed by atoms with van der Waals surface area (Å²) >= 11 is 0. The third-order valence-electron chi connectivity index (χ3n) is 3.60. The molecular formula is C18H18N2O5. The second-order valence-electron chi connectivity index (χ2n) is 5.38. The van der Waals surface area contributed by atoms with Gasteiger partial charge < -0.3 is 24.8 Å². The van der Waals surface area contributed by atoms with Gasteiger partial charge in [-0.3, -0.25) is 9.59 Å². The van der Waals surface area contributed by atoms with E-state index in [1.54, 1.807) is 31.4 Å². The number of benzene rings is 2. The lowest BCUT2D eigenvalue weighted by molar-refractivity contribution is -0.123. The Bertz CT molecular complexity index is 791. The number of ether oxygens (including phenoxy) is 3. The molecule has 0 radical (unpaired) electrons. The quantitative estimate of drug-likeness (QED) is 0.835. The Morgan fingerprint density at radius 2 is 2.04 bits per heavy atom. The molecule has 0 aromatic heterocycles. The van der Waals surface area contributed by atoms with E-state index in [4.69, 9.17) is 14.2 Å². The summed E-state index contributed by atoms with van der Waals surface area (Å²) in [4.78, 5) is 23.2. The molecule has 1 aliphatic rings. The number of hydrogen-bond acceptors (Lipinski definition) is 5. The lowest BCUT2D eigenvalue weighted by Crippen LogP contribution is -2.29. The molecule has 2 aromatic rings. The van der Waals surface area contributed by atoms with Gasteiger partial charge in [0, 0.05) is 6.54 Å². The number of para-hydroxylation sites is 2. The minimum absolute atomic E-state index is 0.00440. The van der Waals surface area contributed by atoms with Crippen molar-refractivity contribution in [1.82, 2.24) is 5.32 Å². The number of anilines is 1. The highest BCUT2D eigenvalue weighted by Crippen LogP contribution is 2.28. The molecule has 2 amide bonds. The van der Waals surface area contributed by atoms with Crippen LogP contribution in [0.1, 0.15) is 5.56 Å². The van der Waals surface area contributed by atoms with Crippen molar-refractivity contribution < 1.29 is 23.8 Å². The first-order chi connectivity index (χ1) is 12.2. The molecule has 7 nitrogen and oxygen atoms in total. The summed E-state index contributed by atoms with van der Waals surface area (Å²) in [6.07, 6.45) is 0. The predicted octanol–water partition coefficient (Wildman–Crippen LogP) is 1.72. The van der Waals surface area contributed by atoms with Gasteiger partial charge in [0.25, 0.3) is 11.8 Å². The van der Waals surface area contributed by atoms with Gasteiger partial charge in [0.1, 0.15) is 5.75 Å². The Labute approximate surface area is 144 Å². The summed E-state index contributed by atoms with van der Waals surface area (Å²) in [7, 11) is 1.54. The topological polar surface area (TPSA) is 85.9 Å². The van der Waals surface area contributed by atoms with Crippen molar-refractivity contribution in [2.45, 2.75) is 6.54 Å². The Morgan fingerprint density at radius 3 is 2.84 bits per heavy atom. The average molecular weight is 342 g/mol. The molecule has 0 bridgehead atoms. The molecule has 0 unspecified atom stereocenters. The van der Waals surface area contributed by atoms with E-state index in [1.807, 2.05) is 18.2 Å². The first kappa shape index (κ1) is 16.6. The van der Waals surface area contributed by atoms with Crippen molar-refractivity contribution in [2.75, 3.05) is 25.6 Å². The van der Waals surface area contributed by atoms with Gasteiger partial charge in [-0.1, -0.05) is 18.2 Å². The van der Waals surface area contributed by atoms with Gasteiger partial charge >= 0.3 is 0 Å². The van der Waals surface area contributed by atoms with E-state index in [-0.39, 0.29) is 25.0 Å². The Morgan fingerprint density at radius 1 is 1.24 bits per heavy atom. The lowest BCUT2D eigenvalue weighted by atomic mass is 10.1. The van der Waals surface area contributed by atoms with Gasteiger partial charge in [0.15, 0.2) is 24.7 Å². The van der Waals surface area contributed by atoms with Crippen LogP contribution in [0, 0.1) is 0 Å². The number of fused-ring (bicyclic) bond motifs is 1. The number of rotatable bonds is 6. The minimum Gasteiger partial charge on any atom is -0.493 e. The van der Waals surface area contributed by atoms with Crippen molar-refractivity contribution >= 4 is 17.5 Å². The predicted molar refractivity (Wildman–Crippen MR) is 90.9 cm³/mol. The van der Waals surface area contributed by atoms with E-state index in [9.17, 15) is 9.59 Å². The molecule has 2 N–H and O–H groups in total. The van der Waals surface area contributed by atoms with Crippen molar-refractivity contribution in [3.05, 3.63) is 48.0 Å². The third-order valence-corrected chi connectivity index (χ3v) is 3.60. The third kappa shape index (κ3) is 4.20. The fraction of sp³-hybridized carbons (Fsp3) is 0.222. The number of nitrogens with one attached hydrogen (secondary N) is 2. The van der Waals surface area contributed by atoms with Crippen LogP contribution in [0.2, 0.25) is 0 Å². The first-order valence-corrected chi connectivity index (χ1v) is 7.74. The smallest absolute Gasteiger partial charge is 0.262 e. The maximum absolute atomic E-state index is 12.0. The molecule has 0 aliphatic carbocycles. The summed E-state index contributed by atoms with van der Waals surface area (Å²) in [5, 5.41) is 5.49. The van der Waals surface area contributed by atoms with Crippen LogP contribution in [0.4, 0.5) is 5.69 Å². The molecule has 25 heavy (non-hydrogen) atoms. The Hall–Kier alpha value is -3.22. The monoisotopic (exact) mass is 342 g/mol. The van der Waals surface area contributed by atoms with Crippen LogP contribution >= 0.6 is 0 Å². The molecule has 2 aromatic carbocycles. The highest BCUT2D eigenvalue weighted by Gasteiger charge is 2.16. The summed E-state index contributed by atoms with van der Waals surface area (Å²) in [5.74, 6) is 1.25. The molecule has 0 saturated heterocycles. The molecule has 0 saturated carbocycles. The zero-order chi connectivity index (χ0) is 17.6. The first-order valence-electron chi connectivity index (χ1n) is 7.74. The molecule has 0 fully saturated rings. The lowest BCUT2D eigenvalue weighted by Gasteiger charge is -2.18. The second-order valence-corrected chi connectivity index (χ2v) is 5.38. The van der Waals surface area contributed by atoms with Gasteiger partial charge in [-0.05, 0) is 29.8 Å². The molecule has 3 rings (SSSR count). The average Bonchev–Trinajstić information content (AvgIpc) is 2.64. The Kier molecular flexibility index (Phi) is 5.03. The van der Waals surface area contributed by atoms with E-state index >= 15 is 0 Å². The summed E-state index contributed by atoms with van der Waals surface area (Å²) in [5.41, 5.74) is 1.49. The van der Waals surface area contributed by atoms with Gasteiger partial charge in [-0.25, -0.2) is 0 Å². The maximum Gasteiger partial charge on any atom is 0.262 e. The fourth-order valence-corrected chi connectivity index (χ4v) is 2.36. The molecule has 1 aliphatic heterocycles. The standard InChI is InChI=1S/C18H18N2O5/c1-23-14-4-2-3-5-15(14)24-10-17(21)19-9-12-6-7-13-16(8-12)25-11-18(22)20-13/h2-8H,9-11H2,1H3,(H,19,21)(H,20,22). The van der Waals surface area contributed by atoms with E-state index < -0.39 is 0 Å². The van der Waals surface area contributed by atoms with Gasteiger partial charge in [0.2, 0.25) is 0 Å². The summed E-state index contributed by atoms with van der Waals surface area (Å²) in [6.45, 7) is 0.214. The molecular weight excluding hydrogens is 324 g/mol. The minimum atomic E-state index is -0.252. The number of methoxy groups -OCH3 is 1. The van der Waals surface area contributed by atoms with Crippen molar-refractivity contribution in [1.29, 1.82) is 0 Å². The second kappa shape index (κ2) is 7.57. The maximum atomic E-state index is 12.0. The van der Waals surface area contributed by atoms with Gasteiger partial charge in [-0.15, -0.1) is 0 Å². The number of amides is 2. The molecule has 130 valence electrons. The van der Waals surface area contributed by atoms with Crippen LogP contribution < -0.4 is 24.8 Å². The Balaban J connectivity index is 1.52. The van der Waals surface area contributed by atoms with Crippen molar-refractivity contribution in [3.8, 4) is 17.2 Å². The van der Waals surface area contributed by atoms with Crippen molar-refractivity contribution in [3.63, 3.8) is 0 Å². The SMILES string of the molecule is COc1ccccc1OCC(=O)NCc1ccc2c(c1)OCC(=O)N2. The van der Waals surface area contributed by atoms with Gasteiger partial charge in [-0.2, -0.15) is 0 Å².